The van der Waals surface area contributed by atoms with Gasteiger partial charge >= 0.3 is 0 Å². The molecule has 5 unspecified atom stereocenters. The van der Waals surface area contributed by atoms with E-state index in [2.05, 4.69) is 21.3 Å². The average molecular weight is 790 g/mol. The summed E-state index contributed by atoms with van der Waals surface area (Å²) in [4.78, 5) is 71.4. The molecule has 1 saturated heterocycles. The summed E-state index contributed by atoms with van der Waals surface area (Å²) in [7, 11) is 1.67. The molecule has 14 heteroatoms. The average Bonchev–Trinajstić information content (AvgIpc) is 3.44. The van der Waals surface area contributed by atoms with E-state index >= 15 is 0 Å². The van der Waals surface area contributed by atoms with E-state index < -0.39 is 53.9 Å². The van der Waals surface area contributed by atoms with Crippen LogP contribution >= 0.6 is 0 Å². The zero-order valence-electron chi connectivity index (χ0n) is 35.1. The molecule has 6 atom stereocenters. The number of nitrogens with two attached hydrogens (primary N) is 2. The monoisotopic (exact) mass is 790 g/mol. The Morgan fingerprint density at radius 3 is 2.07 bits per heavy atom. The van der Waals surface area contributed by atoms with Crippen LogP contribution in [-0.2, 0) is 33.4 Å². The van der Waals surface area contributed by atoms with Crippen molar-refractivity contribution in [2.24, 2.45) is 40.6 Å². The molecule has 56 heavy (non-hydrogen) atoms. The van der Waals surface area contributed by atoms with Gasteiger partial charge in [-0.25, -0.2) is 0 Å². The minimum Gasteiger partial charge on any atom is -0.376 e. The van der Waals surface area contributed by atoms with E-state index in [0.29, 0.717) is 36.6 Å². The zero-order chi connectivity index (χ0) is 40.8. The molecule has 5 fully saturated rings. The van der Waals surface area contributed by atoms with Gasteiger partial charge in [-0.3, -0.25) is 24.0 Å². The Morgan fingerprint density at radius 1 is 0.821 bits per heavy atom. The summed E-state index contributed by atoms with van der Waals surface area (Å²) >= 11 is 0. The van der Waals surface area contributed by atoms with E-state index in [1.807, 2.05) is 27.7 Å². The van der Waals surface area contributed by atoms with Gasteiger partial charge in [0.25, 0.3) is 0 Å². The Labute approximate surface area is 335 Å². The van der Waals surface area contributed by atoms with E-state index in [9.17, 15) is 24.0 Å². The second-order valence-electron chi connectivity index (χ2n) is 17.2. The molecule has 5 amide bonds. The van der Waals surface area contributed by atoms with Crippen molar-refractivity contribution in [1.82, 2.24) is 26.2 Å². The van der Waals surface area contributed by atoms with E-state index in [1.54, 1.807) is 7.05 Å². The molecule has 14 nitrogen and oxygen atoms in total. The summed E-state index contributed by atoms with van der Waals surface area (Å²) in [6, 6.07) is -3.92. The third-order valence-electron chi connectivity index (χ3n) is 13.3. The number of rotatable bonds is 10. The molecule has 320 valence electrons. The summed E-state index contributed by atoms with van der Waals surface area (Å²) in [5.74, 6) is -2.00. The summed E-state index contributed by atoms with van der Waals surface area (Å²) in [6.07, 6.45) is 14.5. The van der Waals surface area contributed by atoms with Crippen molar-refractivity contribution in [3.05, 3.63) is 0 Å². The molecule has 0 aromatic carbocycles. The van der Waals surface area contributed by atoms with E-state index in [1.165, 1.54) is 24.2 Å². The molecule has 4 saturated carbocycles. The largest absolute Gasteiger partial charge is 0.376 e. The molecule has 5 aliphatic rings. The number of hydrogen-bond acceptors (Lipinski definition) is 9. The molecule has 0 bridgehead atoms. The predicted octanol–water partition coefficient (Wildman–Crippen LogP) is 2.90. The van der Waals surface area contributed by atoms with Crippen molar-refractivity contribution in [2.75, 3.05) is 39.9 Å². The summed E-state index contributed by atoms with van der Waals surface area (Å²) in [5, 5.41) is 11.5. The first-order chi connectivity index (χ1) is 27.0. The molecule has 5 rings (SSSR count). The van der Waals surface area contributed by atoms with Crippen LogP contribution in [0.1, 0.15) is 130 Å². The van der Waals surface area contributed by atoms with E-state index in [-0.39, 0.29) is 50.1 Å². The third kappa shape index (κ3) is 12.1. The molecular formula is C42H75N7O7. The van der Waals surface area contributed by atoms with Crippen LogP contribution in [0.5, 0.6) is 0 Å². The van der Waals surface area contributed by atoms with Crippen molar-refractivity contribution in [3.8, 4) is 0 Å². The first-order valence-corrected chi connectivity index (χ1v) is 22.1. The molecule has 4 aliphatic carbocycles. The molecule has 0 aromatic heterocycles. The molecule has 1 heterocycles. The van der Waals surface area contributed by atoms with Crippen LogP contribution in [0, 0.1) is 29.1 Å². The maximum absolute atomic E-state index is 14.2. The Kier molecular flexibility index (Phi) is 18.3. The Morgan fingerprint density at radius 2 is 1.48 bits per heavy atom. The highest BCUT2D eigenvalue weighted by Gasteiger charge is 2.49. The van der Waals surface area contributed by atoms with Crippen LogP contribution in [0.4, 0.5) is 0 Å². The zero-order valence-corrected chi connectivity index (χ0v) is 35.1. The Hall–Kier alpha value is -2.81. The van der Waals surface area contributed by atoms with Gasteiger partial charge in [-0.05, 0) is 93.9 Å². The second kappa shape index (κ2) is 22.4. The van der Waals surface area contributed by atoms with Crippen LogP contribution in [0.15, 0.2) is 0 Å². The van der Waals surface area contributed by atoms with Crippen LogP contribution in [0.25, 0.3) is 0 Å². The van der Waals surface area contributed by atoms with Crippen molar-refractivity contribution < 1.29 is 33.4 Å². The maximum Gasteiger partial charge on any atom is 0.245 e. The van der Waals surface area contributed by atoms with Crippen molar-refractivity contribution >= 4 is 29.5 Å². The van der Waals surface area contributed by atoms with Crippen molar-refractivity contribution in [3.63, 3.8) is 0 Å². The number of hydrogen-bond donors (Lipinski definition) is 6. The molecule has 8 N–H and O–H groups in total. The number of likely N-dealkylation sites (N-methyl/N-ethyl adjacent to an activating group) is 1. The van der Waals surface area contributed by atoms with Crippen LogP contribution in [-0.4, -0.2) is 111 Å². The fourth-order valence-corrected chi connectivity index (χ4v) is 9.55. The number of nitrogens with zero attached hydrogens (tertiary/aromatic N) is 1. The maximum atomic E-state index is 14.2. The highest BCUT2D eigenvalue weighted by molar-refractivity contribution is 5.96. The minimum absolute atomic E-state index is 0.0578. The van der Waals surface area contributed by atoms with Crippen LogP contribution in [0.3, 0.4) is 0 Å². The van der Waals surface area contributed by atoms with Crippen LogP contribution in [0.2, 0.25) is 0 Å². The lowest BCUT2D eigenvalue weighted by Gasteiger charge is -2.55. The lowest BCUT2D eigenvalue weighted by molar-refractivity contribution is -0.148. The predicted molar refractivity (Wildman–Crippen MR) is 216 cm³/mol. The van der Waals surface area contributed by atoms with Gasteiger partial charge in [-0.2, -0.15) is 0 Å². The number of amides is 5. The van der Waals surface area contributed by atoms with Gasteiger partial charge in [0.2, 0.25) is 29.5 Å². The van der Waals surface area contributed by atoms with Crippen LogP contribution < -0.4 is 32.7 Å². The Bertz CT molecular complexity index is 1280. The Balaban J connectivity index is 0.00000342. The topological polar surface area (TPSA) is 207 Å². The standard InChI is InChI=1S/C40H69N7O7.C2H6/c1-4-10-32-37(50)46-34(28-11-7-5-6-8-12-28)38(51)44-30(23-42)36(49)45-31(24-54-29-17-26(18-29)22-41)35(48)43-15-16-53-33(25(2)39(52)47(32)3)19-27-20-40(21-27)13-9-14-40;1-2/h25-34H,4-24,41-42H2,1-3H3,(H,43,48)(H,44,51)(H,45,49)(H,46,50);1-2H3/t25?,26?,29?,30?,31?,32?,33-,34?;/m1./s1. The SMILES string of the molecule is CC.CCCC1C(=O)NC(C2CCCCCC2)C(=O)NC(CN)C(=O)NC(COC2CC(CN)C2)C(=O)NCCO[C@H](CC2CC3(CCC3)C2)C(C)C(=O)N1C. The van der Waals surface area contributed by atoms with Gasteiger partial charge in [-0.1, -0.05) is 66.2 Å². The van der Waals surface area contributed by atoms with E-state index in [0.717, 1.165) is 70.6 Å². The molecule has 1 aliphatic heterocycles. The van der Waals surface area contributed by atoms with Crippen molar-refractivity contribution in [1.29, 1.82) is 0 Å². The fourth-order valence-electron chi connectivity index (χ4n) is 9.55. The summed E-state index contributed by atoms with van der Waals surface area (Å²) in [5.41, 5.74) is 12.3. The molecule has 0 radical (unpaired) electrons. The van der Waals surface area contributed by atoms with Gasteiger partial charge in [0.15, 0.2) is 0 Å². The van der Waals surface area contributed by atoms with Gasteiger partial charge in [0.1, 0.15) is 24.2 Å². The first kappa shape index (κ1) is 45.9. The third-order valence-corrected chi connectivity index (χ3v) is 13.3. The lowest BCUT2D eigenvalue weighted by atomic mass is 9.51. The molecule has 0 aromatic rings. The molecular weight excluding hydrogens is 715 g/mol. The first-order valence-electron chi connectivity index (χ1n) is 22.1. The minimum atomic E-state index is -1.16. The van der Waals surface area contributed by atoms with Gasteiger partial charge in [0.05, 0.1) is 31.3 Å². The number of carbonyl (C=O) groups excluding carboxylic acids is 5. The number of nitrogens with one attached hydrogen (secondary N) is 4. The van der Waals surface area contributed by atoms with E-state index in [4.69, 9.17) is 20.9 Å². The normalized spacial score (nSPS) is 33.0. The quantitative estimate of drug-likeness (QED) is 0.180. The second-order valence-corrected chi connectivity index (χ2v) is 17.2. The number of ether oxygens (including phenoxy) is 2. The fraction of sp³-hybridized carbons (Fsp3) is 0.881. The smallest absolute Gasteiger partial charge is 0.245 e. The van der Waals surface area contributed by atoms with Gasteiger partial charge < -0.3 is 47.1 Å². The highest BCUT2D eigenvalue weighted by Crippen LogP contribution is 2.60. The highest BCUT2D eigenvalue weighted by atomic mass is 16.5. The van der Waals surface area contributed by atoms with Gasteiger partial charge in [-0.15, -0.1) is 0 Å². The number of carbonyl (C=O) groups is 5. The summed E-state index contributed by atoms with van der Waals surface area (Å²) in [6.45, 7) is 8.46. The summed E-state index contributed by atoms with van der Waals surface area (Å²) < 4.78 is 12.5. The van der Waals surface area contributed by atoms with Gasteiger partial charge in [0, 0.05) is 20.1 Å². The van der Waals surface area contributed by atoms with Crippen molar-refractivity contribution in [2.45, 2.75) is 167 Å². The molecule has 1 spiro atoms. The lowest BCUT2D eigenvalue weighted by Crippen LogP contribution is -2.62.